The van der Waals surface area contributed by atoms with Gasteiger partial charge in [-0.05, 0) is 0 Å². The van der Waals surface area contributed by atoms with Crippen LogP contribution >= 0.6 is 0 Å². The zero-order valence-corrected chi connectivity index (χ0v) is 13.0. The van der Waals surface area contributed by atoms with E-state index in [0.29, 0.717) is 0 Å². The molecule has 2 rings (SSSR count). The number of rotatable bonds is 4. The third kappa shape index (κ3) is 3.83. The molecule has 0 aromatic carbocycles. The third-order valence-electron chi connectivity index (χ3n) is 3.47. The van der Waals surface area contributed by atoms with Crippen LogP contribution in [-0.4, -0.2) is 45.3 Å². The Morgan fingerprint density at radius 2 is 2.09 bits per heavy atom. The lowest BCUT2D eigenvalue weighted by Gasteiger charge is -2.21. The van der Waals surface area contributed by atoms with Crippen LogP contribution in [0.25, 0.3) is 0 Å². The molecule has 0 radical (unpaired) electrons. The second kappa shape index (κ2) is 6.73. The Hall–Kier alpha value is -2.49. The molecule has 10 heteroatoms. The van der Waals surface area contributed by atoms with E-state index < -0.39 is 36.1 Å². The molecule has 0 spiro atoms. The largest absolute Gasteiger partial charge is 0.463 e. The van der Waals surface area contributed by atoms with Gasteiger partial charge in [-0.25, -0.2) is 9.78 Å². The molecule has 2 heterocycles. The van der Waals surface area contributed by atoms with E-state index in [1.807, 2.05) is 0 Å². The number of carbonyl (C=O) groups is 2. The highest BCUT2D eigenvalue weighted by atomic mass is 16.6. The molecule has 1 aromatic heterocycles. The van der Waals surface area contributed by atoms with Crippen molar-refractivity contribution in [2.24, 2.45) is 5.92 Å². The highest BCUT2D eigenvalue weighted by Gasteiger charge is 2.46. The van der Waals surface area contributed by atoms with Crippen molar-refractivity contribution in [1.29, 1.82) is 0 Å². The highest BCUT2D eigenvalue weighted by molar-refractivity contribution is 5.66. The first-order valence-corrected chi connectivity index (χ1v) is 6.96. The van der Waals surface area contributed by atoms with E-state index in [-0.39, 0.29) is 18.5 Å². The second-order valence-electron chi connectivity index (χ2n) is 5.21. The van der Waals surface area contributed by atoms with Crippen molar-refractivity contribution < 1.29 is 23.8 Å². The zero-order chi connectivity index (χ0) is 17.1. The fraction of sp³-hybridized carbons (Fsp3) is 0.615. The van der Waals surface area contributed by atoms with Crippen LogP contribution in [0.3, 0.4) is 0 Å². The van der Waals surface area contributed by atoms with E-state index >= 15 is 0 Å². The quantitative estimate of drug-likeness (QED) is 0.708. The molecule has 126 valence electrons. The lowest BCUT2D eigenvalue weighted by molar-refractivity contribution is -0.154. The minimum absolute atomic E-state index is 0.0185. The fourth-order valence-corrected chi connectivity index (χ4v) is 2.35. The van der Waals surface area contributed by atoms with Crippen molar-refractivity contribution in [1.82, 2.24) is 14.5 Å². The van der Waals surface area contributed by atoms with Crippen LogP contribution in [0.1, 0.15) is 27.0 Å². The maximum atomic E-state index is 12.0. The number of ether oxygens (including phenoxy) is 3. The molecular weight excluding hydrogens is 308 g/mol. The average molecular weight is 326 g/mol. The Morgan fingerprint density at radius 3 is 2.65 bits per heavy atom. The van der Waals surface area contributed by atoms with Gasteiger partial charge >= 0.3 is 17.6 Å². The van der Waals surface area contributed by atoms with Gasteiger partial charge in [-0.15, -0.1) is 0 Å². The fourth-order valence-electron chi connectivity index (χ4n) is 2.35. The zero-order valence-electron chi connectivity index (χ0n) is 13.0. The smallest absolute Gasteiger partial charge is 0.354 e. The molecule has 0 saturated carbocycles. The van der Waals surface area contributed by atoms with Gasteiger partial charge < -0.3 is 19.9 Å². The summed E-state index contributed by atoms with van der Waals surface area (Å²) in [6, 6.07) is 0. The van der Waals surface area contributed by atoms with E-state index in [4.69, 9.17) is 19.9 Å². The molecule has 23 heavy (non-hydrogen) atoms. The number of hydrogen-bond acceptors (Lipinski definition) is 9. The molecule has 1 fully saturated rings. The Kier molecular flexibility index (Phi) is 4.94. The van der Waals surface area contributed by atoms with E-state index in [2.05, 4.69) is 9.97 Å². The Bertz CT molecular complexity index is 660. The summed E-state index contributed by atoms with van der Waals surface area (Å²) in [6.07, 6.45) is -1.05. The van der Waals surface area contributed by atoms with Gasteiger partial charge in [0.1, 0.15) is 19.0 Å². The van der Waals surface area contributed by atoms with Gasteiger partial charge in [0.2, 0.25) is 5.95 Å². The van der Waals surface area contributed by atoms with Crippen molar-refractivity contribution in [2.75, 3.05) is 12.3 Å². The SMILES string of the molecule is CC(=O)OC[C@H]1O[C@@H](n2cnc(N)nc2=O)C(OC(C)=O)[C@H]1C. The summed E-state index contributed by atoms with van der Waals surface area (Å²) in [5, 5.41) is 0. The van der Waals surface area contributed by atoms with E-state index in [9.17, 15) is 14.4 Å². The average Bonchev–Trinajstić information content (AvgIpc) is 2.73. The first kappa shape index (κ1) is 16.9. The second-order valence-corrected chi connectivity index (χ2v) is 5.21. The molecule has 1 unspecified atom stereocenters. The molecule has 0 aliphatic carbocycles. The van der Waals surface area contributed by atoms with Gasteiger partial charge in [0.15, 0.2) is 12.3 Å². The molecule has 1 aliphatic rings. The van der Waals surface area contributed by atoms with E-state index in [0.717, 1.165) is 4.57 Å². The molecule has 4 atom stereocenters. The predicted octanol–water partition coefficient (Wildman–Crippen LogP) is -0.751. The highest BCUT2D eigenvalue weighted by Crippen LogP contribution is 2.35. The number of carbonyl (C=O) groups excluding carboxylic acids is 2. The van der Waals surface area contributed by atoms with Gasteiger partial charge in [-0.2, -0.15) is 4.98 Å². The first-order valence-electron chi connectivity index (χ1n) is 6.96. The molecule has 0 bridgehead atoms. The predicted molar refractivity (Wildman–Crippen MR) is 76.0 cm³/mol. The summed E-state index contributed by atoms with van der Waals surface area (Å²) < 4.78 is 17.0. The topological polar surface area (TPSA) is 136 Å². The van der Waals surface area contributed by atoms with Crippen molar-refractivity contribution in [2.45, 2.75) is 39.2 Å². The number of aromatic nitrogens is 3. The molecule has 1 aliphatic heterocycles. The van der Waals surface area contributed by atoms with Crippen molar-refractivity contribution >= 4 is 17.9 Å². The Balaban J connectivity index is 2.28. The lowest BCUT2D eigenvalue weighted by Crippen LogP contribution is -2.36. The van der Waals surface area contributed by atoms with Crippen LogP contribution in [0, 0.1) is 5.92 Å². The normalized spacial score (nSPS) is 26.7. The van der Waals surface area contributed by atoms with Crippen molar-refractivity contribution in [3.8, 4) is 0 Å². The van der Waals surface area contributed by atoms with Gasteiger partial charge in [0.05, 0.1) is 0 Å². The summed E-state index contributed by atoms with van der Waals surface area (Å²) in [7, 11) is 0. The van der Waals surface area contributed by atoms with Crippen LogP contribution in [0.15, 0.2) is 11.1 Å². The number of hydrogen-bond donors (Lipinski definition) is 1. The molecule has 2 N–H and O–H groups in total. The summed E-state index contributed by atoms with van der Waals surface area (Å²) >= 11 is 0. The van der Waals surface area contributed by atoms with Crippen LogP contribution in [0.4, 0.5) is 5.95 Å². The number of nitrogens with two attached hydrogens (primary N) is 1. The molecule has 1 saturated heterocycles. The summed E-state index contributed by atoms with van der Waals surface area (Å²) in [4.78, 5) is 41.5. The maximum Gasteiger partial charge on any atom is 0.354 e. The molecule has 0 amide bonds. The van der Waals surface area contributed by atoms with E-state index in [1.54, 1.807) is 6.92 Å². The van der Waals surface area contributed by atoms with Gasteiger partial charge in [0.25, 0.3) is 0 Å². The molecule has 1 aromatic rings. The van der Waals surface area contributed by atoms with Gasteiger partial charge in [-0.3, -0.25) is 14.2 Å². The van der Waals surface area contributed by atoms with Crippen LogP contribution in [0.5, 0.6) is 0 Å². The number of nitrogen functional groups attached to an aromatic ring is 1. The lowest BCUT2D eigenvalue weighted by atomic mass is 10.0. The van der Waals surface area contributed by atoms with Gasteiger partial charge in [0, 0.05) is 19.8 Å². The minimum atomic E-state index is -0.928. The van der Waals surface area contributed by atoms with Crippen LogP contribution < -0.4 is 11.4 Å². The summed E-state index contributed by atoms with van der Waals surface area (Å²) in [5.41, 5.74) is 4.68. The third-order valence-corrected chi connectivity index (χ3v) is 3.47. The maximum absolute atomic E-state index is 12.0. The first-order chi connectivity index (χ1) is 10.8. The molecular formula is C13H18N4O6. The Morgan fingerprint density at radius 1 is 1.39 bits per heavy atom. The van der Waals surface area contributed by atoms with Crippen molar-refractivity contribution in [3.05, 3.63) is 16.8 Å². The van der Waals surface area contributed by atoms with Crippen molar-refractivity contribution in [3.63, 3.8) is 0 Å². The van der Waals surface area contributed by atoms with Gasteiger partial charge in [-0.1, -0.05) is 6.92 Å². The standard InChI is InChI=1S/C13H18N4O6/c1-6-9(4-21-7(2)18)23-11(10(6)22-8(3)19)17-5-15-12(14)16-13(17)20/h5-6,9-11H,4H2,1-3H3,(H2,14,16,20)/t6-,9+,10?,11+/m0/s1. The van der Waals surface area contributed by atoms with E-state index in [1.165, 1.54) is 20.2 Å². The van der Waals surface area contributed by atoms with Crippen LogP contribution in [0.2, 0.25) is 0 Å². The summed E-state index contributed by atoms with van der Waals surface area (Å²) in [5.74, 6) is -1.46. The number of nitrogens with zero attached hydrogens (tertiary/aromatic N) is 3. The number of esters is 2. The monoisotopic (exact) mass is 326 g/mol. The number of anilines is 1. The molecule has 10 nitrogen and oxygen atoms in total. The Labute approximate surface area is 131 Å². The summed E-state index contributed by atoms with van der Waals surface area (Å²) in [6.45, 7) is 4.28. The minimum Gasteiger partial charge on any atom is -0.463 e. The van der Waals surface area contributed by atoms with Crippen LogP contribution in [-0.2, 0) is 23.8 Å².